The lowest BCUT2D eigenvalue weighted by atomic mass is 10.2. The summed E-state index contributed by atoms with van der Waals surface area (Å²) in [7, 11) is -3.20. The predicted octanol–water partition coefficient (Wildman–Crippen LogP) is 2.43. The van der Waals surface area contributed by atoms with Gasteiger partial charge in [0.1, 0.15) is 0 Å². The largest absolute Gasteiger partial charge is 0.455 e. The Morgan fingerprint density at radius 1 is 1.06 bits per heavy atom. The van der Waals surface area contributed by atoms with E-state index in [4.69, 9.17) is 4.74 Å². The van der Waals surface area contributed by atoms with Crippen LogP contribution in [0.2, 0.25) is 0 Å². The van der Waals surface area contributed by atoms with Gasteiger partial charge in [-0.2, -0.15) is 0 Å². The van der Waals surface area contributed by atoms with Gasteiger partial charge >= 0.3 is 5.97 Å². The summed E-state index contributed by atoms with van der Waals surface area (Å²) in [6.07, 6.45) is 0.336. The maximum Gasteiger partial charge on any atom is 0.316 e. The Morgan fingerprint density at radius 3 is 2.39 bits per heavy atom. The quantitative estimate of drug-likeness (QED) is 0.538. The van der Waals surface area contributed by atoms with Crippen LogP contribution in [0.15, 0.2) is 54.6 Å². The molecule has 1 heterocycles. The average Bonchev–Trinajstić information content (AvgIpc) is 3.14. The lowest BCUT2D eigenvalue weighted by molar-refractivity contribution is -0.145. The first-order valence-corrected chi connectivity index (χ1v) is 13.4. The van der Waals surface area contributed by atoms with Gasteiger partial charge in [-0.15, -0.1) is 11.8 Å². The Labute approximate surface area is 197 Å². The highest BCUT2D eigenvalue weighted by molar-refractivity contribution is 8.00. The van der Waals surface area contributed by atoms with Gasteiger partial charge in [-0.3, -0.25) is 14.4 Å². The maximum absolute atomic E-state index is 12.8. The zero-order valence-electron chi connectivity index (χ0n) is 18.2. The van der Waals surface area contributed by atoms with E-state index in [1.807, 2.05) is 19.1 Å². The third kappa shape index (κ3) is 7.61. The Morgan fingerprint density at radius 2 is 1.76 bits per heavy atom. The summed E-state index contributed by atoms with van der Waals surface area (Å²) >= 11 is 1.08. The molecule has 10 heteroatoms. The number of amides is 2. The van der Waals surface area contributed by atoms with Crippen molar-refractivity contribution < 1.29 is 27.5 Å². The van der Waals surface area contributed by atoms with Gasteiger partial charge in [0.25, 0.3) is 5.91 Å². The van der Waals surface area contributed by atoms with E-state index in [1.54, 1.807) is 42.5 Å². The third-order valence-electron chi connectivity index (χ3n) is 5.02. The van der Waals surface area contributed by atoms with Crippen molar-refractivity contribution >= 4 is 50.8 Å². The fraction of sp³-hybridized carbons (Fsp3) is 0.348. The number of benzene rings is 2. The molecule has 2 amide bonds. The summed E-state index contributed by atoms with van der Waals surface area (Å²) in [5.41, 5.74) is 2.32. The topological polar surface area (TPSA) is 110 Å². The molecule has 1 saturated heterocycles. The van der Waals surface area contributed by atoms with Crippen molar-refractivity contribution in [3.05, 3.63) is 60.2 Å². The number of hydrogen-bond donors (Lipinski definition) is 1. The monoisotopic (exact) mass is 490 g/mol. The molecule has 1 fully saturated rings. The number of carbonyl (C=O) groups excluding carboxylic acids is 3. The SMILES string of the molecule is Cc1ccc(NC(=O)CSCC(=O)OCC(=O)N(c2ccccc2)[C@H]2CCS(=O)(=O)C2)cc1. The average molecular weight is 491 g/mol. The summed E-state index contributed by atoms with van der Waals surface area (Å²) < 4.78 is 28.9. The molecule has 1 atom stereocenters. The molecular formula is C23H26N2O6S2. The van der Waals surface area contributed by atoms with E-state index in [1.165, 1.54) is 4.90 Å². The van der Waals surface area contributed by atoms with Gasteiger partial charge in [-0.25, -0.2) is 8.42 Å². The number of nitrogens with zero attached hydrogens (tertiary/aromatic N) is 1. The molecule has 0 saturated carbocycles. The summed E-state index contributed by atoms with van der Waals surface area (Å²) in [4.78, 5) is 38.3. The van der Waals surface area contributed by atoms with Crippen molar-refractivity contribution in [1.82, 2.24) is 0 Å². The third-order valence-corrected chi connectivity index (χ3v) is 7.68. The van der Waals surface area contributed by atoms with E-state index in [0.717, 1.165) is 17.3 Å². The van der Waals surface area contributed by atoms with Crippen molar-refractivity contribution in [2.45, 2.75) is 19.4 Å². The smallest absolute Gasteiger partial charge is 0.316 e. The second kappa shape index (κ2) is 11.3. The standard InChI is InChI=1S/C23H26N2O6S2/c1-17-7-9-18(10-8-17)24-21(26)14-32-15-23(28)31-13-22(27)25(19-5-3-2-4-6-19)20-11-12-33(29,30)16-20/h2-10,20H,11-16H2,1H3,(H,24,26)/t20-/m0/s1. The molecule has 0 bridgehead atoms. The van der Waals surface area contributed by atoms with E-state index >= 15 is 0 Å². The van der Waals surface area contributed by atoms with Crippen molar-refractivity contribution in [3.63, 3.8) is 0 Å². The van der Waals surface area contributed by atoms with Crippen LogP contribution in [0.5, 0.6) is 0 Å². The number of hydrogen-bond acceptors (Lipinski definition) is 7. The second-order valence-electron chi connectivity index (χ2n) is 7.72. The summed E-state index contributed by atoms with van der Waals surface area (Å²) in [6, 6.07) is 15.6. The van der Waals surface area contributed by atoms with Gasteiger partial charge < -0.3 is 15.0 Å². The maximum atomic E-state index is 12.8. The van der Waals surface area contributed by atoms with E-state index in [0.29, 0.717) is 17.8 Å². The molecule has 8 nitrogen and oxygen atoms in total. The van der Waals surface area contributed by atoms with E-state index in [-0.39, 0.29) is 28.9 Å². The number of thioether (sulfide) groups is 1. The minimum absolute atomic E-state index is 0.0232. The number of anilines is 2. The molecule has 0 spiro atoms. The van der Waals surface area contributed by atoms with Gasteiger partial charge in [0.2, 0.25) is 5.91 Å². The Balaban J connectivity index is 1.47. The summed E-state index contributed by atoms with van der Waals surface area (Å²) in [6.45, 7) is 1.45. The van der Waals surface area contributed by atoms with Gasteiger partial charge in [0.05, 0.1) is 29.1 Å². The number of aryl methyl sites for hydroxylation is 1. The van der Waals surface area contributed by atoms with Crippen molar-refractivity contribution in [2.24, 2.45) is 0 Å². The van der Waals surface area contributed by atoms with Crippen LogP contribution in [0.25, 0.3) is 0 Å². The molecule has 1 aliphatic heterocycles. The van der Waals surface area contributed by atoms with Gasteiger partial charge in [0, 0.05) is 11.4 Å². The molecule has 33 heavy (non-hydrogen) atoms. The molecule has 1 aliphatic rings. The fourth-order valence-corrected chi connectivity index (χ4v) is 5.75. The molecule has 3 rings (SSSR count). The molecule has 2 aromatic rings. The minimum atomic E-state index is -3.20. The number of esters is 1. The molecule has 1 N–H and O–H groups in total. The van der Waals surface area contributed by atoms with Crippen molar-refractivity contribution in [2.75, 3.05) is 39.8 Å². The van der Waals surface area contributed by atoms with Crippen LogP contribution in [-0.4, -0.2) is 61.9 Å². The van der Waals surface area contributed by atoms with Crippen LogP contribution < -0.4 is 10.2 Å². The highest BCUT2D eigenvalue weighted by Gasteiger charge is 2.35. The number of ether oxygens (including phenoxy) is 1. The highest BCUT2D eigenvalue weighted by atomic mass is 32.2. The highest BCUT2D eigenvalue weighted by Crippen LogP contribution is 2.24. The fourth-order valence-electron chi connectivity index (χ4n) is 3.44. The van der Waals surface area contributed by atoms with Crippen LogP contribution in [0.3, 0.4) is 0 Å². The molecule has 0 aliphatic carbocycles. The molecular weight excluding hydrogens is 464 g/mol. The number of rotatable bonds is 9. The van der Waals surface area contributed by atoms with E-state index in [9.17, 15) is 22.8 Å². The summed E-state index contributed by atoms with van der Waals surface area (Å²) in [5, 5.41) is 2.74. The zero-order chi connectivity index (χ0) is 23.8. The lowest BCUT2D eigenvalue weighted by Gasteiger charge is -2.28. The van der Waals surface area contributed by atoms with Crippen molar-refractivity contribution in [1.29, 1.82) is 0 Å². The summed E-state index contributed by atoms with van der Waals surface area (Å²) in [5.74, 6) is -1.47. The van der Waals surface area contributed by atoms with E-state index < -0.39 is 34.4 Å². The number of sulfone groups is 1. The number of nitrogens with one attached hydrogen (secondary N) is 1. The number of para-hydroxylation sites is 1. The van der Waals surface area contributed by atoms with Gasteiger partial charge in [-0.1, -0.05) is 35.9 Å². The first kappa shape index (κ1) is 24.8. The van der Waals surface area contributed by atoms with Crippen LogP contribution in [-0.2, 0) is 29.0 Å². The molecule has 2 aromatic carbocycles. The second-order valence-corrected chi connectivity index (χ2v) is 10.9. The lowest BCUT2D eigenvalue weighted by Crippen LogP contribution is -2.43. The molecule has 176 valence electrons. The van der Waals surface area contributed by atoms with Gasteiger partial charge in [0.15, 0.2) is 16.4 Å². The Kier molecular flexibility index (Phi) is 8.51. The Bertz CT molecular complexity index is 1090. The number of carbonyl (C=O) groups is 3. The molecule has 0 aromatic heterocycles. The minimum Gasteiger partial charge on any atom is -0.455 e. The molecule has 0 unspecified atom stereocenters. The van der Waals surface area contributed by atoms with Crippen LogP contribution in [0, 0.1) is 6.92 Å². The van der Waals surface area contributed by atoms with Crippen LogP contribution >= 0.6 is 11.8 Å². The molecule has 0 radical (unpaired) electrons. The predicted molar refractivity (Wildman–Crippen MR) is 129 cm³/mol. The van der Waals surface area contributed by atoms with Crippen molar-refractivity contribution in [3.8, 4) is 0 Å². The first-order valence-electron chi connectivity index (χ1n) is 10.4. The van der Waals surface area contributed by atoms with Crippen LogP contribution in [0.1, 0.15) is 12.0 Å². The van der Waals surface area contributed by atoms with Crippen LogP contribution in [0.4, 0.5) is 11.4 Å². The van der Waals surface area contributed by atoms with E-state index in [2.05, 4.69) is 5.32 Å². The normalized spacial score (nSPS) is 16.7. The van der Waals surface area contributed by atoms with Gasteiger partial charge in [-0.05, 0) is 37.6 Å². The first-order chi connectivity index (χ1) is 15.7. The Hall–Kier alpha value is -2.85. The zero-order valence-corrected chi connectivity index (χ0v) is 19.9.